The normalized spacial score (nSPS) is 25.4. The van der Waals surface area contributed by atoms with E-state index < -0.39 is 18.5 Å². The zero-order valence-electron chi connectivity index (χ0n) is 6.23. The molecule has 1 aliphatic rings. The van der Waals surface area contributed by atoms with Gasteiger partial charge in [-0.15, -0.1) is 0 Å². The van der Waals surface area contributed by atoms with Crippen LogP contribution in [-0.4, -0.2) is 5.92 Å². The molecule has 1 aromatic rings. The third-order valence-electron chi connectivity index (χ3n) is 2.13. The van der Waals surface area contributed by atoms with Crippen LogP contribution in [-0.2, 0) is 6.42 Å². The summed E-state index contributed by atoms with van der Waals surface area (Å²) in [6.07, 6.45) is -2.58. The van der Waals surface area contributed by atoms with E-state index in [4.69, 9.17) is 0 Å². The van der Waals surface area contributed by atoms with Gasteiger partial charge in [-0.25, -0.2) is 13.2 Å². The van der Waals surface area contributed by atoms with Crippen molar-refractivity contribution >= 4 is 0 Å². The van der Waals surface area contributed by atoms with Crippen LogP contribution in [0.5, 0.6) is 0 Å². The van der Waals surface area contributed by atoms with E-state index in [0.29, 0.717) is 5.56 Å². The van der Waals surface area contributed by atoms with Gasteiger partial charge in [-0.1, -0.05) is 24.3 Å². The van der Waals surface area contributed by atoms with Crippen LogP contribution in [0.1, 0.15) is 17.3 Å². The molecular formula is C9H7F3. The van der Waals surface area contributed by atoms with Gasteiger partial charge < -0.3 is 0 Å². The molecule has 1 unspecified atom stereocenters. The Morgan fingerprint density at radius 1 is 1.25 bits per heavy atom. The van der Waals surface area contributed by atoms with Crippen molar-refractivity contribution in [3.63, 3.8) is 0 Å². The average molecular weight is 172 g/mol. The average Bonchev–Trinajstić information content (AvgIpc) is 2.24. The Labute approximate surface area is 68.0 Å². The molecule has 0 aliphatic heterocycles. The Hall–Kier alpha value is -0.990. The van der Waals surface area contributed by atoms with Crippen molar-refractivity contribution in [3.05, 3.63) is 35.4 Å². The van der Waals surface area contributed by atoms with Crippen LogP contribution in [0.3, 0.4) is 0 Å². The van der Waals surface area contributed by atoms with Crippen molar-refractivity contribution in [1.82, 2.24) is 0 Å². The molecule has 1 aromatic carbocycles. The van der Waals surface area contributed by atoms with Crippen LogP contribution in [0.4, 0.5) is 13.2 Å². The summed E-state index contributed by atoms with van der Waals surface area (Å²) in [5.41, 5.74) is 0.567. The second kappa shape index (κ2) is 2.25. The molecule has 0 heterocycles. The Morgan fingerprint density at radius 2 is 1.92 bits per heavy atom. The standard InChI is InChI=1S/C9H7F3/c10-8-7-4-2-1-3-6(7)5-9(8,11)12/h1-4,8H,5H2. The summed E-state index contributed by atoms with van der Waals surface area (Å²) in [7, 11) is 0. The SMILES string of the molecule is FC1c2ccccc2CC1(F)F. The molecule has 0 saturated carbocycles. The van der Waals surface area contributed by atoms with Crippen molar-refractivity contribution in [2.24, 2.45) is 0 Å². The van der Waals surface area contributed by atoms with Crippen LogP contribution in [0.15, 0.2) is 24.3 Å². The van der Waals surface area contributed by atoms with Crippen molar-refractivity contribution in [3.8, 4) is 0 Å². The molecule has 0 aromatic heterocycles. The van der Waals surface area contributed by atoms with E-state index in [1.807, 2.05) is 0 Å². The number of fused-ring (bicyclic) bond motifs is 1. The molecule has 1 aliphatic carbocycles. The van der Waals surface area contributed by atoms with Gasteiger partial charge in [0, 0.05) is 6.42 Å². The molecule has 0 saturated heterocycles. The van der Waals surface area contributed by atoms with Crippen LogP contribution < -0.4 is 0 Å². The maximum atomic E-state index is 12.9. The van der Waals surface area contributed by atoms with E-state index in [9.17, 15) is 13.2 Å². The molecule has 12 heavy (non-hydrogen) atoms. The zero-order chi connectivity index (χ0) is 8.77. The molecule has 0 amide bonds. The molecule has 0 radical (unpaired) electrons. The third-order valence-corrected chi connectivity index (χ3v) is 2.13. The van der Waals surface area contributed by atoms with Crippen molar-refractivity contribution < 1.29 is 13.2 Å². The number of rotatable bonds is 0. The molecule has 0 fully saturated rings. The highest BCUT2D eigenvalue weighted by Gasteiger charge is 2.47. The lowest BCUT2D eigenvalue weighted by Gasteiger charge is -2.10. The maximum absolute atomic E-state index is 12.9. The monoisotopic (exact) mass is 172 g/mol. The minimum absolute atomic E-state index is 0.141. The van der Waals surface area contributed by atoms with Gasteiger partial charge in [-0.3, -0.25) is 0 Å². The fourth-order valence-corrected chi connectivity index (χ4v) is 1.51. The van der Waals surface area contributed by atoms with Crippen molar-refractivity contribution in [2.45, 2.75) is 18.5 Å². The van der Waals surface area contributed by atoms with E-state index in [2.05, 4.69) is 0 Å². The third kappa shape index (κ3) is 0.924. The number of benzene rings is 1. The van der Waals surface area contributed by atoms with Gasteiger partial charge in [-0.05, 0) is 11.1 Å². The van der Waals surface area contributed by atoms with Gasteiger partial charge in [0.2, 0.25) is 0 Å². The fourth-order valence-electron chi connectivity index (χ4n) is 1.51. The Morgan fingerprint density at radius 3 is 2.58 bits per heavy atom. The largest absolute Gasteiger partial charge is 0.286 e. The van der Waals surface area contributed by atoms with E-state index in [-0.39, 0.29) is 5.56 Å². The predicted molar refractivity (Wildman–Crippen MR) is 38.9 cm³/mol. The summed E-state index contributed by atoms with van der Waals surface area (Å²) in [6, 6.07) is 6.18. The van der Waals surface area contributed by atoms with Crippen LogP contribution >= 0.6 is 0 Å². The smallest absolute Gasteiger partial charge is 0.236 e. The van der Waals surface area contributed by atoms with Crippen LogP contribution in [0.25, 0.3) is 0 Å². The number of alkyl halides is 3. The second-order valence-electron chi connectivity index (χ2n) is 3.00. The summed E-state index contributed by atoms with van der Waals surface area (Å²) >= 11 is 0. The summed E-state index contributed by atoms with van der Waals surface area (Å²) in [5.74, 6) is -3.20. The van der Waals surface area contributed by atoms with E-state index >= 15 is 0 Å². The highest BCUT2D eigenvalue weighted by atomic mass is 19.3. The first-order valence-corrected chi connectivity index (χ1v) is 3.71. The highest BCUT2D eigenvalue weighted by molar-refractivity contribution is 5.36. The summed E-state index contributed by atoms with van der Waals surface area (Å²) in [6.45, 7) is 0. The lowest BCUT2D eigenvalue weighted by Crippen LogP contribution is -2.18. The van der Waals surface area contributed by atoms with E-state index in [0.717, 1.165) is 0 Å². The number of halogens is 3. The maximum Gasteiger partial charge on any atom is 0.286 e. The highest BCUT2D eigenvalue weighted by Crippen LogP contribution is 2.45. The molecular weight excluding hydrogens is 165 g/mol. The molecule has 3 heteroatoms. The first kappa shape index (κ1) is 7.65. The topological polar surface area (TPSA) is 0 Å². The summed E-state index contributed by atoms with van der Waals surface area (Å²) < 4.78 is 38.5. The lowest BCUT2D eigenvalue weighted by atomic mass is 10.1. The quantitative estimate of drug-likeness (QED) is 0.564. The van der Waals surface area contributed by atoms with Crippen LogP contribution in [0, 0.1) is 0 Å². The van der Waals surface area contributed by atoms with Crippen molar-refractivity contribution in [2.75, 3.05) is 0 Å². The molecule has 0 bridgehead atoms. The second-order valence-corrected chi connectivity index (χ2v) is 3.00. The van der Waals surface area contributed by atoms with Gasteiger partial charge in [0.25, 0.3) is 5.92 Å². The molecule has 0 nitrogen and oxygen atoms in total. The Balaban J connectivity index is 2.49. The molecule has 2 rings (SSSR count). The minimum atomic E-state index is -3.20. The number of hydrogen-bond acceptors (Lipinski definition) is 0. The molecule has 1 atom stereocenters. The Bertz CT molecular complexity index is 306. The predicted octanol–water partition coefficient (Wildman–Crippen LogP) is 2.89. The van der Waals surface area contributed by atoms with Gasteiger partial charge in [0.05, 0.1) is 0 Å². The van der Waals surface area contributed by atoms with Crippen LogP contribution in [0.2, 0.25) is 0 Å². The Kier molecular flexibility index (Phi) is 1.43. The molecule has 64 valence electrons. The van der Waals surface area contributed by atoms with E-state index in [1.165, 1.54) is 6.07 Å². The summed E-state index contributed by atoms with van der Waals surface area (Å²) in [4.78, 5) is 0. The van der Waals surface area contributed by atoms with Gasteiger partial charge in [0.15, 0.2) is 6.17 Å². The van der Waals surface area contributed by atoms with Gasteiger partial charge >= 0.3 is 0 Å². The van der Waals surface area contributed by atoms with Gasteiger partial charge in [0.1, 0.15) is 0 Å². The minimum Gasteiger partial charge on any atom is -0.236 e. The number of hydrogen-bond donors (Lipinski definition) is 0. The first-order valence-electron chi connectivity index (χ1n) is 3.71. The first-order chi connectivity index (χ1) is 5.61. The zero-order valence-corrected chi connectivity index (χ0v) is 6.23. The fraction of sp³-hybridized carbons (Fsp3) is 0.333. The molecule has 0 N–H and O–H groups in total. The van der Waals surface area contributed by atoms with Crippen molar-refractivity contribution in [1.29, 1.82) is 0 Å². The lowest BCUT2D eigenvalue weighted by molar-refractivity contribution is -0.0602. The van der Waals surface area contributed by atoms with Gasteiger partial charge in [-0.2, -0.15) is 0 Å². The summed E-state index contributed by atoms with van der Waals surface area (Å²) in [5, 5.41) is 0. The molecule has 0 spiro atoms. The van der Waals surface area contributed by atoms with E-state index in [1.54, 1.807) is 18.2 Å².